The van der Waals surface area contributed by atoms with Crippen LogP contribution in [0.2, 0.25) is 5.02 Å². The number of hydrogen-bond acceptors (Lipinski definition) is 3. The Bertz CT molecular complexity index is 958. The predicted octanol–water partition coefficient (Wildman–Crippen LogP) is 5.29. The average molecular weight is 491 g/mol. The van der Waals surface area contributed by atoms with Gasteiger partial charge in [-0.15, -0.1) is 0 Å². The lowest BCUT2D eigenvalue weighted by Crippen LogP contribution is -2.18. The Kier molecular flexibility index (Phi) is 6.84. The van der Waals surface area contributed by atoms with E-state index in [-0.39, 0.29) is 5.91 Å². The summed E-state index contributed by atoms with van der Waals surface area (Å²) in [6, 6.07) is 22.4. The van der Waals surface area contributed by atoms with E-state index in [0.29, 0.717) is 17.2 Å². The molecule has 0 bridgehead atoms. The fourth-order valence-corrected chi connectivity index (χ4v) is 3.06. The number of halogens is 2. The molecule has 0 fully saturated rings. The van der Waals surface area contributed by atoms with E-state index in [0.717, 1.165) is 20.4 Å². The maximum atomic E-state index is 12.1. The molecule has 3 aromatic carbocycles. The molecule has 1 N–H and O–H groups in total. The third-order valence-electron chi connectivity index (χ3n) is 3.68. The van der Waals surface area contributed by atoms with Gasteiger partial charge in [-0.3, -0.25) is 4.79 Å². The SMILES string of the molecule is O=C(N/N=C\c1cccc(OCc2ccc(Cl)cc2)c1)c1ccccc1I. The van der Waals surface area contributed by atoms with E-state index in [1.807, 2.05) is 66.7 Å². The first-order valence-electron chi connectivity index (χ1n) is 8.17. The van der Waals surface area contributed by atoms with Gasteiger partial charge >= 0.3 is 0 Å². The van der Waals surface area contributed by atoms with Crippen molar-refractivity contribution in [2.24, 2.45) is 5.10 Å². The average Bonchev–Trinajstić information content (AvgIpc) is 2.68. The van der Waals surface area contributed by atoms with Gasteiger partial charge in [-0.25, -0.2) is 5.43 Å². The molecular weight excluding hydrogens is 475 g/mol. The van der Waals surface area contributed by atoms with Crippen LogP contribution in [-0.4, -0.2) is 12.1 Å². The van der Waals surface area contributed by atoms with Crippen LogP contribution in [0.5, 0.6) is 5.75 Å². The zero-order valence-corrected chi connectivity index (χ0v) is 17.1. The van der Waals surface area contributed by atoms with Crippen molar-refractivity contribution in [3.05, 3.63) is 98.1 Å². The number of nitrogens with one attached hydrogen (secondary N) is 1. The Morgan fingerprint density at radius 3 is 2.63 bits per heavy atom. The zero-order chi connectivity index (χ0) is 19.1. The molecule has 6 heteroatoms. The largest absolute Gasteiger partial charge is 0.489 e. The smallest absolute Gasteiger partial charge is 0.272 e. The first-order chi connectivity index (χ1) is 13.1. The molecule has 0 aliphatic carbocycles. The minimum atomic E-state index is -0.244. The van der Waals surface area contributed by atoms with Crippen LogP contribution < -0.4 is 10.2 Å². The summed E-state index contributed by atoms with van der Waals surface area (Å²) in [4.78, 5) is 12.1. The summed E-state index contributed by atoms with van der Waals surface area (Å²) >= 11 is 8.00. The minimum Gasteiger partial charge on any atom is -0.489 e. The lowest BCUT2D eigenvalue weighted by Gasteiger charge is -2.07. The maximum Gasteiger partial charge on any atom is 0.272 e. The summed E-state index contributed by atoms with van der Waals surface area (Å²) in [5, 5.41) is 4.73. The van der Waals surface area contributed by atoms with Gasteiger partial charge in [0.15, 0.2) is 0 Å². The van der Waals surface area contributed by atoms with Gasteiger partial charge < -0.3 is 4.74 Å². The Morgan fingerprint density at radius 1 is 1.07 bits per heavy atom. The predicted molar refractivity (Wildman–Crippen MR) is 116 cm³/mol. The fraction of sp³-hybridized carbons (Fsp3) is 0.0476. The van der Waals surface area contributed by atoms with Crippen molar-refractivity contribution in [3.63, 3.8) is 0 Å². The number of hydrogen-bond donors (Lipinski definition) is 1. The molecule has 136 valence electrons. The molecule has 0 saturated heterocycles. The quantitative estimate of drug-likeness (QED) is 0.290. The highest BCUT2D eigenvalue weighted by atomic mass is 127. The highest BCUT2D eigenvalue weighted by molar-refractivity contribution is 14.1. The second kappa shape index (κ2) is 9.53. The van der Waals surface area contributed by atoms with Gasteiger partial charge in [0.25, 0.3) is 5.91 Å². The molecule has 0 unspecified atom stereocenters. The van der Waals surface area contributed by atoms with Gasteiger partial charge in [-0.2, -0.15) is 5.10 Å². The van der Waals surface area contributed by atoms with Crippen molar-refractivity contribution < 1.29 is 9.53 Å². The van der Waals surface area contributed by atoms with E-state index in [1.165, 1.54) is 0 Å². The minimum absolute atomic E-state index is 0.244. The summed E-state index contributed by atoms with van der Waals surface area (Å²) in [5.74, 6) is 0.476. The summed E-state index contributed by atoms with van der Waals surface area (Å²) in [5.41, 5.74) is 4.99. The van der Waals surface area contributed by atoms with Gasteiger partial charge in [-0.05, 0) is 70.1 Å². The van der Waals surface area contributed by atoms with Gasteiger partial charge in [-0.1, -0.05) is 48.0 Å². The first-order valence-corrected chi connectivity index (χ1v) is 9.63. The van der Waals surface area contributed by atoms with Gasteiger partial charge in [0.2, 0.25) is 0 Å². The molecule has 0 atom stereocenters. The van der Waals surface area contributed by atoms with Crippen molar-refractivity contribution in [2.75, 3.05) is 0 Å². The number of rotatable bonds is 6. The van der Waals surface area contributed by atoms with Crippen LogP contribution in [0.1, 0.15) is 21.5 Å². The van der Waals surface area contributed by atoms with Crippen LogP contribution in [0.4, 0.5) is 0 Å². The van der Waals surface area contributed by atoms with Crippen LogP contribution in [0.3, 0.4) is 0 Å². The Balaban J connectivity index is 1.58. The van der Waals surface area contributed by atoms with E-state index in [9.17, 15) is 4.79 Å². The third kappa shape index (κ3) is 5.80. The first kappa shape index (κ1) is 19.4. The molecule has 0 aromatic heterocycles. The number of carbonyl (C=O) groups is 1. The zero-order valence-electron chi connectivity index (χ0n) is 14.2. The number of hydrazone groups is 1. The standard InChI is InChI=1S/C21H16ClIN2O2/c22-17-10-8-15(9-11-17)14-27-18-5-3-4-16(12-18)13-24-25-21(26)19-6-1-2-7-20(19)23/h1-13H,14H2,(H,25,26)/b24-13-. The summed E-state index contributed by atoms with van der Waals surface area (Å²) in [6.45, 7) is 0.445. The van der Waals surface area contributed by atoms with Crippen LogP contribution in [0.15, 0.2) is 77.9 Å². The fourth-order valence-electron chi connectivity index (χ4n) is 2.30. The second-order valence-electron chi connectivity index (χ2n) is 5.67. The Morgan fingerprint density at radius 2 is 1.85 bits per heavy atom. The third-order valence-corrected chi connectivity index (χ3v) is 4.87. The summed E-state index contributed by atoms with van der Waals surface area (Å²) in [7, 11) is 0. The molecule has 0 aliphatic rings. The molecule has 3 rings (SSSR count). The van der Waals surface area contributed by atoms with Gasteiger partial charge in [0.05, 0.1) is 11.8 Å². The number of nitrogens with zero attached hydrogens (tertiary/aromatic N) is 1. The molecular formula is C21H16ClIN2O2. The molecule has 0 aliphatic heterocycles. The van der Waals surface area contributed by atoms with E-state index in [2.05, 4.69) is 33.1 Å². The molecule has 4 nitrogen and oxygen atoms in total. The molecule has 1 amide bonds. The van der Waals surface area contributed by atoms with Crippen LogP contribution in [-0.2, 0) is 6.61 Å². The topological polar surface area (TPSA) is 50.7 Å². The van der Waals surface area contributed by atoms with Crippen molar-refractivity contribution in [2.45, 2.75) is 6.61 Å². The van der Waals surface area contributed by atoms with Crippen molar-refractivity contribution >= 4 is 46.3 Å². The van der Waals surface area contributed by atoms with Crippen molar-refractivity contribution in [3.8, 4) is 5.75 Å². The lowest BCUT2D eigenvalue weighted by atomic mass is 10.2. The monoisotopic (exact) mass is 490 g/mol. The van der Waals surface area contributed by atoms with Crippen molar-refractivity contribution in [1.82, 2.24) is 5.43 Å². The van der Waals surface area contributed by atoms with Crippen molar-refractivity contribution in [1.29, 1.82) is 0 Å². The lowest BCUT2D eigenvalue weighted by molar-refractivity contribution is 0.0954. The molecule has 0 saturated carbocycles. The second-order valence-corrected chi connectivity index (χ2v) is 7.27. The Labute approximate surface area is 176 Å². The normalized spacial score (nSPS) is 10.7. The highest BCUT2D eigenvalue weighted by Crippen LogP contribution is 2.16. The maximum absolute atomic E-state index is 12.1. The summed E-state index contributed by atoms with van der Waals surface area (Å²) < 4.78 is 6.67. The van der Waals surface area contributed by atoms with Crippen LogP contribution >= 0.6 is 34.2 Å². The van der Waals surface area contributed by atoms with E-state index in [1.54, 1.807) is 12.3 Å². The summed E-state index contributed by atoms with van der Waals surface area (Å²) in [6.07, 6.45) is 1.59. The van der Waals surface area contributed by atoms with E-state index in [4.69, 9.17) is 16.3 Å². The van der Waals surface area contributed by atoms with Crippen LogP contribution in [0.25, 0.3) is 0 Å². The Hall–Kier alpha value is -2.38. The highest BCUT2D eigenvalue weighted by Gasteiger charge is 2.07. The molecule has 0 radical (unpaired) electrons. The van der Waals surface area contributed by atoms with Gasteiger partial charge in [0.1, 0.15) is 12.4 Å². The number of carbonyl (C=O) groups excluding carboxylic acids is 1. The van der Waals surface area contributed by atoms with E-state index < -0.39 is 0 Å². The number of ether oxygens (including phenoxy) is 1. The molecule has 27 heavy (non-hydrogen) atoms. The van der Waals surface area contributed by atoms with Crippen LogP contribution in [0, 0.1) is 3.57 Å². The number of benzene rings is 3. The molecule has 0 spiro atoms. The number of amides is 1. The molecule has 3 aromatic rings. The van der Waals surface area contributed by atoms with E-state index >= 15 is 0 Å². The van der Waals surface area contributed by atoms with Gasteiger partial charge in [0, 0.05) is 8.59 Å². The molecule has 0 heterocycles.